The molecule has 0 aromatic heterocycles. The molecule has 0 amide bonds. The van der Waals surface area contributed by atoms with Crippen LogP contribution in [0.2, 0.25) is 0 Å². The largest absolute Gasteiger partial charge is 0.497 e. The molecule has 1 aromatic carbocycles. The average Bonchev–Trinajstić information content (AvgIpc) is 2.58. The molecule has 6 nitrogen and oxygen atoms in total. The molecule has 24 heavy (non-hydrogen) atoms. The summed E-state index contributed by atoms with van der Waals surface area (Å²) in [6.07, 6.45) is 2.15. The lowest BCUT2D eigenvalue weighted by Gasteiger charge is -2.22. The van der Waals surface area contributed by atoms with Gasteiger partial charge in [0, 0.05) is 33.6 Å². The highest BCUT2D eigenvalue weighted by Crippen LogP contribution is 2.12. The van der Waals surface area contributed by atoms with E-state index in [9.17, 15) is 4.79 Å². The second-order valence-electron chi connectivity index (χ2n) is 5.21. The zero-order valence-electron chi connectivity index (χ0n) is 14.9. The van der Waals surface area contributed by atoms with E-state index < -0.39 is 0 Å². The number of carbonyl (C=O) groups is 1. The first kappa shape index (κ1) is 22.5. The van der Waals surface area contributed by atoms with Crippen molar-refractivity contribution in [1.29, 1.82) is 0 Å². The van der Waals surface area contributed by atoms with Gasteiger partial charge in [0.25, 0.3) is 0 Å². The van der Waals surface area contributed by atoms with Crippen LogP contribution < -0.4 is 10.1 Å². The molecule has 0 saturated heterocycles. The minimum atomic E-state index is -0.161. The van der Waals surface area contributed by atoms with Gasteiger partial charge in [0.1, 0.15) is 5.75 Å². The Bertz CT molecular complexity index is 506. The molecule has 136 valence electrons. The van der Waals surface area contributed by atoms with E-state index in [0.29, 0.717) is 6.42 Å². The Morgan fingerprint density at radius 2 is 1.88 bits per heavy atom. The maximum Gasteiger partial charge on any atom is 0.305 e. The summed E-state index contributed by atoms with van der Waals surface area (Å²) in [5.74, 6) is 1.52. The SMILES string of the molecule is CN=C(NCCCCC(=O)OC)N(C)Cc1ccc(OC)cc1.I. The van der Waals surface area contributed by atoms with Gasteiger partial charge in [-0.05, 0) is 30.5 Å². The summed E-state index contributed by atoms with van der Waals surface area (Å²) in [6.45, 7) is 1.53. The van der Waals surface area contributed by atoms with Crippen LogP contribution in [0.5, 0.6) is 5.75 Å². The highest BCUT2D eigenvalue weighted by molar-refractivity contribution is 14.0. The zero-order valence-corrected chi connectivity index (χ0v) is 17.2. The molecular weight excluding hydrogens is 421 g/mol. The van der Waals surface area contributed by atoms with Crippen LogP contribution >= 0.6 is 24.0 Å². The van der Waals surface area contributed by atoms with Crippen molar-refractivity contribution in [3.63, 3.8) is 0 Å². The molecule has 1 aromatic rings. The number of carbonyl (C=O) groups excluding carboxylic acids is 1. The lowest BCUT2D eigenvalue weighted by molar-refractivity contribution is -0.140. The van der Waals surface area contributed by atoms with Gasteiger partial charge in [0.05, 0.1) is 14.2 Å². The van der Waals surface area contributed by atoms with Crippen LogP contribution in [0.4, 0.5) is 0 Å². The van der Waals surface area contributed by atoms with E-state index in [0.717, 1.165) is 37.6 Å². The van der Waals surface area contributed by atoms with Crippen molar-refractivity contribution >= 4 is 35.9 Å². The van der Waals surface area contributed by atoms with E-state index in [1.165, 1.54) is 12.7 Å². The fraction of sp³-hybridized carbons (Fsp3) is 0.529. The molecule has 0 atom stereocenters. The summed E-state index contributed by atoms with van der Waals surface area (Å²) < 4.78 is 9.78. The topological polar surface area (TPSA) is 63.2 Å². The van der Waals surface area contributed by atoms with Crippen molar-refractivity contribution in [1.82, 2.24) is 10.2 Å². The summed E-state index contributed by atoms with van der Waals surface area (Å²) in [5, 5.41) is 3.30. The van der Waals surface area contributed by atoms with Gasteiger partial charge in [0.15, 0.2) is 5.96 Å². The fourth-order valence-electron chi connectivity index (χ4n) is 2.16. The van der Waals surface area contributed by atoms with Gasteiger partial charge in [-0.3, -0.25) is 9.79 Å². The van der Waals surface area contributed by atoms with Crippen LogP contribution in [0.25, 0.3) is 0 Å². The third-order valence-electron chi connectivity index (χ3n) is 3.47. The summed E-state index contributed by atoms with van der Waals surface area (Å²) in [4.78, 5) is 17.4. The van der Waals surface area contributed by atoms with E-state index in [1.54, 1.807) is 14.2 Å². The molecule has 0 spiro atoms. The lowest BCUT2D eigenvalue weighted by atomic mass is 10.2. The minimum absolute atomic E-state index is 0. The molecule has 0 heterocycles. The highest BCUT2D eigenvalue weighted by atomic mass is 127. The molecule has 1 N–H and O–H groups in total. The molecule has 0 aliphatic heterocycles. The molecular formula is C17H28IN3O3. The van der Waals surface area contributed by atoms with Crippen LogP contribution in [0, 0.1) is 0 Å². The number of ether oxygens (including phenoxy) is 2. The number of aliphatic imine (C=N–C) groups is 1. The van der Waals surface area contributed by atoms with Gasteiger partial charge in [0.2, 0.25) is 0 Å². The van der Waals surface area contributed by atoms with Crippen molar-refractivity contribution in [3.8, 4) is 5.75 Å². The van der Waals surface area contributed by atoms with Gasteiger partial charge >= 0.3 is 5.97 Å². The number of esters is 1. The van der Waals surface area contributed by atoms with Crippen molar-refractivity contribution in [2.45, 2.75) is 25.8 Å². The highest BCUT2D eigenvalue weighted by Gasteiger charge is 2.07. The number of rotatable bonds is 8. The van der Waals surface area contributed by atoms with Gasteiger partial charge in [-0.2, -0.15) is 0 Å². The summed E-state index contributed by atoms with van der Waals surface area (Å²) in [6, 6.07) is 7.98. The first-order valence-electron chi connectivity index (χ1n) is 7.72. The van der Waals surface area contributed by atoms with Crippen LogP contribution in [-0.4, -0.2) is 51.7 Å². The number of hydrogen-bond donors (Lipinski definition) is 1. The van der Waals surface area contributed by atoms with Gasteiger partial charge < -0.3 is 19.7 Å². The predicted octanol–water partition coefficient (Wildman–Crippen LogP) is 2.66. The van der Waals surface area contributed by atoms with Crippen LogP contribution in [0.15, 0.2) is 29.3 Å². The zero-order chi connectivity index (χ0) is 17.1. The molecule has 0 fully saturated rings. The Hall–Kier alpha value is -1.51. The standard InChI is InChI=1S/C17H27N3O3.HI/c1-18-17(19-12-6-5-7-16(21)23-4)20(2)13-14-8-10-15(22-3)11-9-14;/h8-11H,5-7,12-13H2,1-4H3,(H,18,19);1H. The third-order valence-corrected chi connectivity index (χ3v) is 3.47. The maximum absolute atomic E-state index is 11.0. The molecule has 0 unspecified atom stereocenters. The number of guanidine groups is 1. The fourth-order valence-corrected chi connectivity index (χ4v) is 2.16. The quantitative estimate of drug-likeness (QED) is 0.218. The summed E-state index contributed by atoms with van der Waals surface area (Å²) in [5.41, 5.74) is 1.18. The molecule has 0 aliphatic rings. The smallest absolute Gasteiger partial charge is 0.305 e. The van der Waals surface area contributed by atoms with Crippen molar-refractivity contribution < 1.29 is 14.3 Å². The first-order chi connectivity index (χ1) is 11.1. The van der Waals surface area contributed by atoms with Crippen molar-refractivity contribution in [3.05, 3.63) is 29.8 Å². The van der Waals surface area contributed by atoms with Crippen LogP contribution in [0.3, 0.4) is 0 Å². The van der Waals surface area contributed by atoms with E-state index in [2.05, 4.69) is 19.9 Å². The number of hydrogen-bond acceptors (Lipinski definition) is 4. The number of nitrogens with one attached hydrogen (secondary N) is 1. The monoisotopic (exact) mass is 449 g/mol. The molecule has 1 rings (SSSR count). The Balaban J connectivity index is 0.00000529. The van der Waals surface area contributed by atoms with E-state index >= 15 is 0 Å². The molecule has 0 bridgehead atoms. The number of halogens is 1. The maximum atomic E-state index is 11.0. The summed E-state index contributed by atoms with van der Waals surface area (Å²) >= 11 is 0. The number of methoxy groups -OCH3 is 2. The van der Waals surface area contributed by atoms with Crippen molar-refractivity contribution in [2.24, 2.45) is 4.99 Å². The van der Waals surface area contributed by atoms with E-state index in [-0.39, 0.29) is 29.9 Å². The Kier molecular flexibility index (Phi) is 12.0. The van der Waals surface area contributed by atoms with Crippen LogP contribution in [0.1, 0.15) is 24.8 Å². The Morgan fingerprint density at radius 1 is 1.21 bits per heavy atom. The number of nitrogens with zero attached hydrogens (tertiary/aromatic N) is 2. The number of unbranched alkanes of at least 4 members (excludes halogenated alkanes) is 1. The van der Waals surface area contributed by atoms with Gasteiger partial charge in [-0.1, -0.05) is 12.1 Å². The lowest BCUT2D eigenvalue weighted by Crippen LogP contribution is -2.38. The Morgan fingerprint density at radius 3 is 2.42 bits per heavy atom. The number of benzene rings is 1. The normalized spacial score (nSPS) is 10.6. The molecule has 0 saturated carbocycles. The molecule has 0 aliphatic carbocycles. The van der Waals surface area contributed by atoms with Crippen LogP contribution in [-0.2, 0) is 16.1 Å². The Labute approximate surface area is 161 Å². The molecule has 7 heteroatoms. The first-order valence-corrected chi connectivity index (χ1v) is 7.72. The average molecular weight is 449 g/mol. The summed E-state index contributed by atoms with van der Waals surface area (Å²) in [7, 11) is 6.83. The van der Waals surface area contributed by atoms with E-state index in [1.807, 2.05) is 31.3 Å². The minimum Gasteiger partial charge on any atom is -0.497 e. The predicted molar refractivity (Wildman–Crippen MR) is 107 cm³/mol. The second kappa shape index (κ2) is 12.9. The van der Waals surface area contributed by atoms with Crippen molar-refractivity contribution in [2.75, 3.05) is 34.9 Å². The molecule has 0 radical (unpaired) electrons. The second-order valence-corrected chi connectivity index (χ2v) is 5.21. The van der Waals surface area contributed by atoms with Gasteiger partial charge in [-0.25, -0.2) is 0 Å². The van der Waals surface area contributed by atoms with Gasteiger partial charge in [-0.15, -0.1) is 24.0 Å². The van der Waals surface area contributed by atoms with E-state index in [4.69, 9.17) is 4.74 Å². The third kappa shape index (κ3) is 8.37.